The fourth-order valence-electron chi connectivity index (χ4n) is 2.60. The highest BCUT2D eigenvalue weighted by Gasteiger charge is 2.10. The van der Waals surface area contributed by atoms with Crippen LogP contribution in [0.1, 0.15) is 16.8 Å². The van der Waals surface area contributed by atoms with Crippen LogP contribution in [0, 0.1) is 6.92 Å². The molecule has 0 aliphatic heterocycles. The van der Waals surface area contributed by atoms with Gasteiger partial charge in [0.2, 0.25) is 5.91 Å². The van der Waals surface area contributed by atoms with Gasteiger partial charge in [-0.1, -0.05) is 24.3 Å². The Balaban J connectivity index is 1.46. The van der Waals surface area contributed by atoms with Crippen LogP contribution in [0.3, 0.4) is 0 Å². The minimum absolute atomic E-state index is 0.137. The first-order chi connectivity index (χ1) is 14.0. The van der Waals surface area contributed by atoms with E-state index < -0.39 is 0 Å². The highest BCUT2D eigenvalue weighted by molar-refractivity contribution is 7.14. The summed E-state index contributed by atoms with van der Waals surface area (Å²) in [5, 5.41) is 10.5. The smallest absolute Gasteiger partial charge is 0.325 e. The van der Waals surface area contributed by atoms with Gasteiger partial charge in [-0.05, 0) is 42.3 Å². The quantitative estimate of drug-likeness (QED) is 0.550. The molecule has 0 saturated heterocycles. The zero-order valence-electron chi connectivity index (χ0n) is 16.2. The molecule has 1 heterocycles. The molecule has 3 rings (SSSR count). The normalized spacial score (nSPS) is 10.3. The molecule has 0 spiro atoms. The summed E-state index contributed by atoms with van der Waals surface area (Å²) in [5.74, 6) is 0.635. The number of carbonyl (C=O) groups excluding carboxylic acids is 2. The summed E-state index contributed by atoms with van der Waals surface area (Å²) in [6, 6.07) is 14.6. The van der Waals surface area contributed by atoms with E-state index >= 15 is 0 Å². The number of amides is 3. The number of methoxy groups -OCH3 is 1. The summed E-state index contributed by atoms with van der Waals surface area (Å²) < 4.78 is 5.11. The summed E-state index contributed by atoms with van der Waals surface area (Å²) in [7, 11) is 1.61. The lowest BCUT2D eigenvalue weighted by molar-refractivity contribution is -0.120. The molecular weight excluding hydrogens is 388 g/mol. The van der Waals surface area contributed by atoms with Crippen molar-refractivity contribution in [3.05, 3.63) is 70.7 Å². The Morgan fingerprint density at radius 1 is 1.10 bits per heavy atom. The molecule has 0 aliphatic rings. The molecule has 0 radical (unpaired) electrons. The van der Waals surface area contributed by atoms with Crippen molar-refractivity contribution in [1.29, 1.82) is 0 Å². The van der Waals surface area contributed by atoms with Crippen molar-refractivity contribution < 1.29 is 14.3 Å². The SMILES string of the molecule is COc1ccc(CNC(=O)Cc2csc(NC(=O)Nc3cccc(C)c3)n2)cc1. The lowest BCUT2D eigenvalue weighted by atomic mass is 10.2. The molecule has 150 valence electrons. The predicted octanol–water partition coefficient (Wildman–Crippen LogP) is 3.96. The van der Waals surface area contributed by atoms with E-state index in [1.807, 2.05) is 55.5 Å². The Hall–Kier alpha value is -3.39. The molecule has 8 heteroatoms. The number of hydrogen-bond acceptors (Lipinski definition) is 5. The van der Waals surface area contributed by atoms with Crippen molar-refractivity contribution in [1.82, 2.24) is 10.3 Å². The Morgan fingerprint density at radius 3 is 2.62 bits per heavy atom. The zero-order valence-corrected chi connectivity index (χ0v) is 17.0. The van der Waals surface area contributed by atoms with Crippen LogP contribution in [0.2, 0.25) is 0 Å². The molecule has 3 N–H and O–H groups in total. The van der Waals surface area contributed by atoms with E-state index in [1.165, 1.54) is 11.3 Å². The van der Waals surface area contributed by atoms with Gasteiger partial charge < -0.3 is 15.4 Å². The van der Waals surface area contributed by atoms with E-state index in [9.17, 15) is 9.59 Å². The average molecular weight is 410 g/mol. The third-order valence-electron chi connectivity index (χ3n) is 4.04. The predicted molar refractivity (Wildman–Crippen MR) is 114 cm³/mol. The number of hydrogen-bond donors (Lipinski definition) is 3. The summed E-state index contributed by atoms with van der Waals surface area (Å²) >= 11 is 1.28. The standard InChI is InChI=1S/C21H22N4O3S/c1-14-4-3-5-16(10-14)23-20(27)25-21-24-17(13-29-21)11-19(26)22-12-15-6-8-18(28-2)9-7-15/h3-10,13H,11-12H2,1-2H3,(H,22,26)(H2,23,24,25,27). The fourth-order valence-corrected chi connectivity index (χ4v) is 3.30. The molecule has 0 aliphatic carbocycles. The first kappa shape index (κ1) is 20.3. The zero-order chi connectivity index (χ0) is 20.6. The topological polar surface area (TPSA) is 92.4 Å². The average Bonchev–Trinajstić information content (AvgIpc) is 3.13. The monoisotopic (exact) mass is 410 g/mol. The van der Waals surface area contributed by atoms with Crippen molar-refractivity contribution in [2.75, 3.05) is 17.7 Å². The summed E-state index contributed by atoms with van der Waals surface area (Å²) in [4.78, 5) is 28.5. The second kappa shape index (κ2) is 9.70. The van der Waals surface area contributed by atoms with Gasteiger partial charge in [-0.3, -0.25) is 10.1 Å². The third-order valence-corrected chi connectivity index (χ3v) is 4.85. The number of rotatable bonds is 7. The van der Waals surface area contributed by atoms with Crippen molar-refractivity contribution in [3.8, 4) is 5.75 Å². The van der Waals surface area contributed by atoms with Gasteiger partial charge in [0.25, 0.3) is 0 Å². The second-order valence-electron chi connectivity index (χ2n) is 6.39. The van der Waals surface area contributed by atoms with Gasteiger partial charge in [0, 0.05) is 17.6 Å². The van der Waals surface area contributed by atoms with E-state index in [2.05, 4.69) is 20.9 Å². The Kier molecular flexibility index (Phi) is 6.80. The van der Waals surface area contributed by atoms with Gasteiger partial charge in [-0.15, -0.1) is 11.3 Å². The van der Waals surface area contributed by atoms with Gasteiger partial charge in [-0.25, -0.2) is 9.78 Å². The maximum Gasteiger partial charge on any atom is 0.325 e. The van der Waals surface area contributed by atoms with Crippen LogP contribution >= 0.6 is 11.3 Å². The molecular formula is C21H22N4O3S. The highest BCUT2D eigenvalue weighted by Crippen LogP contribution is 2.17. The Bertz CT molecular complexity index is 986. The largest absolute Gasteiger partial charge is 0.497 e. The van der Waals surface area contributed by atoms with Crippen LogP contribution in [-0.4, -0.2) is 24.0 Å². The van der Waals surface area contributed by atoms with Crippen LogP contribution in [-0.2, 0) is 17.8 Å². The number of carbonyl (C=O) groups is 2. The van der Waals surface area contributed by atoms with Gasteiger partial charge in [-0.2, -0.15) is 0 Å². The lowest BCUT2D eigenvalue weighted by Gasteiger charge is -2.06. The molecule has 0 fully saturated rings. The highest BCUT2D eigenvalue weighted by atomic mass is 32.1. The molecule has 1 aromatic heterocycles. The van der Waals surface area contributed by atoms with Crippen LogP contribution in [0.4, 0.5) is 15.6 Å². The van der Waals surface area contributed by atoms with E-state index in [1.54, 1.807) is 12.5 Å². The van der Waals surface area contributed by atoms with E-state index in [0.29, 0.717) is 23.1 Å². The maximum atomic E-state index is 12.1. The number of aromatic nitrogens is 1. The van der Waals surface area contributed by atoms with Crippen molar-refractivity contribution >= 4 is 34.1 Å². The Morgan fingerprint density at radius 2 is 1.90 bits per heavy atom. The first-order valence-electron chi connectivity index (χ1n) is 9.00. The molecule has 3 amide bonds. The summed E-state index contributed by atoms with van der Waals surface area (Å²) in [5.41, 5.74) is 3.35. The van der Waals surface area contributed by atoms with E-state index in [-0.39, 0.29) is 18.4 Å². The lowest BCUT2D eigenvalue weighted by Crippen LogP contribution is -2.24. The maximum absolute atomic E-state index is 12.1. The second-order valence-corrected chi connectivity index (χ2v) is 7.25. The fraction of sp³-hybridized carbons (Fsp3) is 0.190. The molecule has 2 aromatic carbocycles. The number of ether oxygens (including phenoxy) is 1. The minimum atomic E-state index is -0.375. The van der Waals surface area contributed by atoms with Crippen LogP contribution in [0.25, 0.3) is 0 Å². The van der Waals surface area contributed by atoms with E-state index in [0.717, 1.165) is 16.9 Å². The van der Waals surface area contributed by atoms with Crippen LogP contribution < -0.4 is 20.7 Å². The molecule has 0 unspecified atom stereocenters. The summed E-state index contributed by atoms with van der Waals surface area (Å²) in [6.07, 6.45) is 0.147. The van der Waals surface area contributed by atoms with Gasteiger partial charge in [0.1, 0.15) is 5.75 Å². The molecule has 0 saturated carbocycles. The number of aryl methyl sites for hydroxylation is 1. The summed E-state index contributed by atoms with van der Waals surface area (Å²) in [6.45, 7) is 2.38. The molecule has 0 bridgehead atoms. The number of nitrogens with one attached hydrogen (secondary N) is 3. The first-order valence-corrected chi connectivity index (χ1v) is 9.88. The number of anilines is 2. The van der Waals surface area contributed by atoms with Crippen molar-refractivity contribution in [2.24, 2.45) is 0 Å². The number of thiazole rings is 1. The van der Waals surface area contributed by atoms with Crippen LogP contribution in [0.15, 0.2) is 53.9 Å². The van der Waals surface area contributed by atoms with E-state index in [4.69, 9.17) is 4.74 Å². The molecule has 3 aromatic rings. The third kappa shape index (κ3) is 6.32. The van der Waals surface area contributed by atoms with Gasteiger partial charge >= 0.3 is 6.03 Å². The molecule has 0 atom stereocenters. The molecule has 29 heavy (non-hydrogen) atoms. The van der Waals surface area contributed by atoms with Gasteiger partial charge in [0.05, 0.1) is 19.2 Å². The van der Waals surface area contributed by atoms with Crippen LogP contribution in [0.5, 0.6) is 5.75 Å². The van der Waals surface area contributed by atoms with Gasteiger partial charge in [0.15, 0.2) is 5.13 Å². The van der Waals surface area contributed by atoms with Crippen molar-refractivity contribution in [2.45, 2.75) is 19.9 Å². The Labute approximate surface area is 173 Å². The number of benzene rings is 2. The number of urea groups is 1. The minimum Gasteiger partial charge on any atom is -0.497 e. The molecule has 7 nitrogen and oxygen atoms in total. The van der Waals surface area contributed by atoms with Crippen molar-refractivity contribution in [3.63, 3.8) is 0 Å². The number of nitrogens with zero attached hydrogens (tertiary/aromatic N) is 1.